The van der Waals surface area contributed by atoms with Gasteiger partial charge in [-0.05, 0) is 38.0 Å². The van der Waals surface area contributed by atoms with E-state index in [1.165, 1.54) is 25.7 Å². The van der Waals surface area contributed by atoms with Crippen LogP contribution in [0.4, 0.5) is 0 Å². The second kappa shape index (κ2) is 8.68. The third-order valence-electron chi connectivity index (χ3n) is 5.48. The molecule has 3 fully saturated rings. The Morgan fingerprint density at radius 3 is 2.50 bits per heavy atom. The molecule has 22 heavy (non-hydrogen) atoms. The van der Waals surface area contributed by atoms with Gasteiger partial charge in [0.25, 0.3) is 0 Å². The van der Waals surface area contributed by atoms with Crippen LogP contribution in [0.5, 0.6) is 0 Å². The molecule has 3 rings (SSSR count). The van der Waals surface area contributed by atoms with Crippen molar-refractivity contribution in [2.45, 2.75) is 38.6 Å². The van der Waals surface area contributed by atoms with Crippen molar-refractivity contribution >= 4 is 29.9 Å². The first-order valence-electron chi connectivity index (χ1n) is 8.70. The molecule has 3 unspecified atom stereocenters. The van der Waals surface area contributed by atoms with Crippen molar-refractivity contribution in [3.8, 4) is 0 Å². The maximum atomic E-state index is 8.97. The fourth-order valence-electron chi connectivity index (χ4n) is 4.51. The molecule has 0 aromatic heterocycles. The van der Waals surface area contributed by atoms with Gasteiger partial charge in [0, 0.05) is 38.8 Å². The van der Waals surface area contributed by atoms with E-state index >= 15 is 0 Å². The van der Waals surface area contributed by atoms with Gasteiger partial charge in [0.05, 0.1) is 13.2 Å². The summed E-state index contributed by atoms with van der Waals surface area (Å²) in [5, 5.41) is 12.3. The fourth-order valence-corrected chi connectivity index (χ4v) is 4.51. The third kappa shape index (κ3) is 4.06. The number of aliphatic hydroxyl groups excluding tert-OH is 1. The lowest BCUT2D eigenvalue weighted by atomic mass is 9.93. The molecule has 1 aliphatic heterocycles. The SMILES string of the molecule is CCNC(=NCCO)N1CCN(C2CC3CCC2C3)CC1.I. The maximum Gasteiger partial charge on any atom is 0.194 e. The van der Waals surface area contributed by atoms with Crippen molar-refractivity contribution in [3.63, 3.8) is 0 Å². The van der Waals surface area contributed by atoms with Gasteiger partial charge in [0.15, 0.2) is 5.96 Å². The summed E-state index contributed by atoms with van der Waals surface area (Å²) >= 11 is 0. The van der Waals surface area contributed by atoms with Crippen LogP contribution < -0.4 is 5.32 Å². The molecule has 0 aromatic rings. The number of rotatable bonds is 4. The van der Waals surface area contributed by atoms with Crippen molar-refractivity contribution in [1.29, 1.82) is 0 Å². The van der Waals surface area contributed by atoms with Gasteiger partial charge >= 0.3 is 0 Å². The Labute approximate surface area is 151 Å². The van der Waals surface area contributed by atoms with Gasteiger partial charge < -0.3 is 15.3 Å². The van der Waals surface area contributed by atoms with Gasteiger partial charge in [0.1, 0.15) is 0 Å². The highest BCUT2D eigenvalue weighted by Gasteiger charge is 2.42. The first kappa shape index (κ1) is 18.3. The molecule has 0 spiro atoms. The first-order valence-corrected chi connectivity index (χ1v) is 8.70. The van der Waals surface area contributed by atoms with Crippen molar-refractivity contribution in [2.75, 3.05) is 45.9 Å². The van der Waals surface area contributed by atoms with E-state index in [4.69, 9.17) is 5.11 Å². The predicted octanol–water partition coefficient (Wildman–Crippen LogP) is 1.37. The minimum Gasteiger partial charge on any atom is -0.394 e. The zero-order chi connectivity index (χ0) is 14.7. The summed E-state index contributed by atoms with van der Waals surface area (Å²) in [4.78, 5) is 9.56. The zero-order valence-electron chi connectivity index (χ0n) is 13.7. The topological polar surface area (TPSA) is 51.1 Å². The van der Waals surface area contributed by atoms with Crippen LogP contribution in [-0.2, 0) is 0 Å². The van der Waals surface area contributed by atoms with Gasteiger partial charge in [-0.15, -0.1) is 24.0 Å². The summed E-state index contributed by atoms with van der Waals surface area (Å²) in [6.07, 6.45) is 5.89. The number of fused-ring (bicyclic) bond motifs is 2. The average Bonchev–Trinajstić information content (AvgIpc) is 3.14. The lowest BCUT2D eigenvalue weighted by Crippen LogP contribution is -2.55. The summed E-state index contributed by atoms with van der Waals surface area (Å²) in [7, 11) is 0. The number of hydrogen-bond donors (Lipinski definition) is 2. The number of guanidine groups is 1. The molecule has 1 saturated heterocycles. The normalized spacial score (nSPS) is 32.2. The molecule has 2 aliphatic carbocycles. The Morgan fingerprint density at radius 2 is 1.95 bits per heavy atom. The second-order valence-electron chi connectivity index (χ2n) is 6.72. The van der Waals surface area contributed by atoms with E-state index in [1.54, 1.807) is 0 Å². The van der Waals surface area contributed by atoms with Crippen molar-refractivity contribution in [3.05, 3.63) is 0 Å². The Kier molecular flexibility index (Phi) is 7.21. The summed E-state index contributed by atoms with van der Waals surface area (Å²) < 4.78 is 0. The molecule has 5 nitrogen and oxygen atoms in total. The van der Waals surface area contributed by atoms with E-state index in [1.807, 2.05) is 0 Å². The van der Waals surface area contributed by atoms with E-state index in [9.17, 15) is 0 Å². The molecule has 0 aromatic carbocycles. The van der Waals surface area contributed by atoms with E-state index in [0.29, 0.717) is 6.54 Å². The average molecular weight is 422 g/mol. The van der Waals surface area contributed by atoms with E-state index in [2.05, 4.69) is 27.0 Å². The minimum absolute atomic E-state index is 0. The molecule has 1 heterocycles. The predicted molar refractivity (Wildman–Crippen MR) is 101 cm³/mol. The molecular formula is C16H31IN4O. The molecule has 0 radical (unpaired) electrons. The summed E-state index contributed by atoms with van der Waals surface area (Å²) in [5.74, 6) is 2.98. The fraction of sp³-hybridized carbons (Fsp3) is 0.938. The standard InChI is InChI=1S/C16H30N4O.HI/c1-2-17-16(18-5-10-21)20-8-6-19(7-9-20)15-12-13-3-4-14(15)11-13;/h13-15,21H,2-12H2,1H3,(H,17,18);1H. The molecule has 2 bridgehead atoms. The lowest BCUT2D eigenvalue weighted by Gasteiger charge is -2.42. The smallest absolute Gasteiger partial charge is 0.194 e. The van der Waals surface area contributed by atoms with Crippen LogP contribution in [0.25, 0.3) is 0 Å². The Bertz CT molecular complexity index is 371. The number of aliphatic imine (C=N–C) groups is 1. The van der Waals surface area contributed by atoms with Gasteiger partial charge in [-0.2, -0.15) is 0 Å². The Hall–Kier alpha value is -0.0800. The van der Waals surface area contributed by atoms with Crippen molar-refractivity contribution in [1.82, 2.24) is 15.1 Å². The second-order valence-corrected chi connectivity index (χ2v) is 6.72. The van der Waals surface area contributed by atoms with Crippen LogP contribution in [0.3, 0.4) is 0 Å². The van der Waals surface area contributed by atoms with Gasteiger partial charge in [-0.25, -0.2) is 0 Å². The first-order chi connectivity index (χ1) is 10.3. The number of halogens is 1. The molecule has 0 amide bonds. The monoisotopic (exact) mass is 422 g/mol. The highest BCUT2D eigenvalue weighted by atomic mass is 127. The number of aliphatic hydroxyl groups is 1. The molecule has 2 N–H and O–H groups in total. The zero-order valence-corrected chi connectivity index (χ0v) is 16.0. The molecule has 3 atom stereocenters. The van der Waals surface area contributed by atoms with Crippen LogP contribution in [0.1, 0.15) is 32.6 Å². The maximum absolute atomic E-state index is 8.97. The molecule has 3 aliphatic rings. The number of hydrogen-bond acceptors (Lipinski definition) is 3. The van der Waals surface area contributed by atoms with Crippen LogP contribution in [0.2, 0.25) is 0 Å². The molecular weight excluding hydrogens is 391 g/mol. The summed E-state index contributed by atoms with van der Waals surface area (Å²) in [5.41, 5.74) is 0. The van der Waals surface area contributed by atoms with Crippen molar-refractivity contribution < 1.29 is 5.11 Å². The van der Waals surface area contributed by atoms with Gasteiger partial charge in [-0.1, -0.05) is 6.42 Å². The Balaban J connectivity index is 0.00000176. The van der Waals surface area contributed by atoms with Crippen LogP contribution in [-0.4, -0.2) is 72.8 Å². The van der Waals surface area contributed by atoms with E-state index in [-0.39, 0.29) is 30.6 Å². The van der Waals surface area contributed by atoms with Crippen molar-refractivity contribution in [2.24, 2.45) is 16.8 Å². The van der Waals surface area contributed by atoms with Crippen LogP contribution >= 0.6 is 24.0 Å². The number of nitrogens with zero attached hydrogens (tertiary/aromatic N) is 3. The molecule has 2 saturated carbocycles. The lowest BCUT2D eigenvalue weighted by molar-refractivity contribution is 0.0958. The van der Waals surface area contributed by atoms with Crippen LogP contribution in [0.15, 0.2) is 4.99 Å². The minimum atomic E-state index is 0. The highest BCUT2D eigenvalue weighted by Crippen LogP contribution is 2.46. The largest absolute Gasteiger partial charge is 0.394 e. The van der Waals surface area contributed by atoms with E-state index < -0.39 is 0 Å². The van der Waals surface area contributed by atoms with Gasteiger partial charge in [0.2, 0.25) is 0 Å². The van der Waals surface area contributed by atoms with E-state index in [0.717, 1.165) is 56.6 Å². The van der Waals surface area contributed by atoms with Gasteiger partial charge in [-0.3, -0.25) is 9.89 Å². The highest BCUT2D eigenvalue weighted by molar-refractivity contribution is 14.0. The summed E-state index contributed by atoms with van der Waals surface area (Å²) in [6.45, 7) is 8.05. The Morgan fingerprint density at radius 1 is 1.18 bits per heavy atom. The quantitative estimate of drug-likeness (QED) is 0.408. The molecule has 6 heteroatoms. The number of piperazine rings is 1. The third-order valence-corrected chi connectivity index (χ3v) is 5.48. The van der Waals surface area contributed by atoms with Crippen LogP contribution in [0, 0.1) is 11.8 Å². The molecule has 128 valence electrons. The summed E-state index contributed by atoms with van der Waals surface area (Å²) in [6, 6.07) is 0.864. The number of nitrogens with one attached hydrogen (secondary N) is 1.